The summed E-state index contributed by atoms with van der Waals surface area (Å²) in [7, 11) is 0. The van der Waals surface area contributed by atoms with Gasteiger partial charge in [0.05, 0.1) is 12.8 Å². The van der Waals surface area contributed by atoms with E-state index in [1.165, 1.54) is 12.3 Å². The first-order valence-corrected chi connectivity index (χ1v) is 12.1. The van der Waals surface area contributed by atoms with E-state index in [9.17, 15) is 9.18 Å². The number of carbonyl (C=O) groups excluding carboxylic acids is 1. The molecule has 1 heterocycles. The molecule has 0 aliphatic rings. The highest BCUT2D eigenvalue weighted by molar-refractivity contribution is 5.86. The minimum atomic E-state index is -0.421. The van der Waals surface area contributed by atoms with Crippen molar-refractivity contribution in [2.45, 2.75) is 20.0 Å². The van der Waals surface area contributed by atoms with Crippen LogP contribution in [0.4, 0.5) is 4.39 Å². The molecule has 0 fully saturated rings. The van der Waals surface area contributed by atoms with E-state index in [-0.39, 0.29) is 19.0 Å². The number of pyridine rings is 1. The topological polar surface area (TPSA) is 82.0 Å². The summed E-state index contributed by atoms with van der Waals surface area (Å²) in [6.45, 7) is 5.91. The van der Waals surface area contributed by atoms with Crippen LogP contribution in [-0.2, 0) is 17.8 Å². The van der Waals surface area contributed by atoms with Crippen molar-refractivity contribution in [3.8, 4) is 17.2 Å². The first-order chi connectivity index (χ1) is 18.6. The fourth-order valence-electron chi connectivity index (χ4n) is 3.80. The third-order valence-corrected chi connectivity index (χ3v) is 5.51. The van der Waals surface area contributed by atoms with Crippen molar-refractivity contribution in [1.29, 1.82) is 0 Å². The van der Waals surface area contributed by atoms with Crippen LogP contribution in [0.5, 0.6) is 17.2 Å². The Bertz CT molecular complexity index is 1450. The number of halogens is 1. The van der Waals surface area contributed by atoms with Crippen molar-refractivity contribution >= 4 is 23.0 Å². The molecule has 0 saturated carbocycles. The smallest absolute Gasteiger partial charge is 0.277 e. The number of allylic oxidation sites excluding steroid dienone is 1. The summed E-state index contributed by atoms with van der Waals surface area (Å²) in [6.07, 6.45) is 5.41. The van der Waals surface area contributed by atoms with E-state index in [1.807, 2.05) is 37.3 Å². The molecule has 0 atom stereocenters. The summed E-state index contributed by atoms with van der Waals surface area (Å²) < 4.78 is 31.5. The Morgan fingerprint density at radius 1 is 1.03 bits per heavy atom. The highest BCUT2D eigenvalue weighted by atomic mass is 19.1. The van der Waals surface area contributed by atoms with Gasteiger partial charge >= 0.3 is 0 Å². The number of ether oxygens (including phenoxy) is 3. The predicted octanol–water partition coefficient (Wildman–Crippen LogP) is 5.61. The summed E-state index contributed by atoms with van der Waals surface area (Å²) in [4.78, 5) is 16.6. The number of fused-ring (bicyclic) bond motifs is 1. The molecule has 194 valence electrons. The van der Waals surface area contributed by atoms with Crippen molar-refractivity contribution in [2.24, 2.45) is 5.10 Å². The quantitative estimate of drug-likeness (QED) is 0.151. The average Bonchev–Trinajstić information content (AvgIpc) is 2.92. The van der Waals surface area contributed by atoms with Gasteiger partial charge in [-0.05, 0) is 49.2 Å². The zero-order valence-corrected chi connectivity index (χ0v) is 21.0. The third kappa shape index (κ3) is 6.73. The van der Waals surface area contributed by atoms with Crippen LogP contribution in [0.25, 0.3) is 10.9 Å². The molecule has 8 heteroatoms. The summed E-state index contributed by atoms with van der Waals surface area (Å²) in [5.74, 6) is 0.756. The molecular weight excluding hydrogens is 485 g/mol. The van der Waals surface area contributed by atoms with E-state index in [4.69, 9.17) is 14.2 Å². The number of hydrazone groups is 1. The van der Waals surface area contributed by atoms with Gasteiger partial charge in [-0.2, -0.15) is 5.10 Å². The monoisotopic (exact) mass is 513 g/mol. The van der Waals surface area contributed by atoms with Gasteiger partial charge in [-0.1, -0.05) is 42.5 Å². The molecular formula is C30H28FN3O4. The van der Waals surface area contributed by atoms with Crippen LogP contribution in [0, 0.1) is 5.82 Å². The molecule has 4 aromatic rings. The molecule has 0 saturated heterocycles. The van der Waals surface area contributed by atoms with E-state index in [0.717, 1.165) is 10.9 Å². The van der Waals surface area contributed by atoms with Gasteiger partial charge in [0.15, 0.2) is 18.1 Å². The summed E-state index contributed by atoms with van der Waals surface area (Å²) in [5, 5.41) is 4.98. The number of hydrogen-bond donors (Lipinski definition) is 1. The second-order valence-electron chi connectivity index (χ2n) is 8.23. The maximum atomic E-state index is 14.1. The maximum Gasteiger partial charge on any atom is 0.277 e. The van der Waals surface area contributed by atoms with E-state index in [2.05, 4.69) is 22.1 Å². The number of para-hydroxylation sites is 1. The molecule has 3 aromatic carbocycles. The van der Waals surface area contributed by atoms with E-state index in [1.54, 1.807) is 42.6 Å². The predicted molar refractivity (Wildman–Crippen MR) is 145 cm³/mol. The Balaban J connectivity index is 1.44. The standard InChI is InChI=1S/C30H28FN3O4/c1-3-9-23-16-21(17-27(36-4-2)30(23)38-19-24-10-5-6-13-25(24)31)18-33-34-28(35)20-37-26-14-7-11-22-12-8-15-32-29(22)26/h3,5-8,10-18H,1,4,9,19-20H2,2H3,(H,34,35)/b33-18+. The van der Waals surface area contributed by atoms with Gasteiger partial charge in [-0.25, -0.2) is 9.82 Å². The molecule has 0 aliphatic heterocycles. The first kappa shape index (κ1) is 26.3. The van der Waals surface area contributed by atoms with Crippen molar-refractivity contribution < 1.29 is 23.4 Å². The molecule has 38 heavy (non-hydrogen) atoms. The van der Waals surface area contributed by atoms with Gasteiger partial charge in [0, 0.05) is 22.7 Å². The van der Waals surface area contributed by atoms with Crippen LogP contribution in [0.15, 0.2) is 90.7 Å². The van der Waals surface area contributed by atoms with Crippen molar-refractivity contribution in [3.63, 3.8) is 0 Å². The molecule has 0 radical (unpaired) electrons. The van der Waals surface area contributed by atoms with Gasteiger partial charge in [-0.3, -0.25) is 9.78 Å². The molecule has 0 spiro atoms. The minimum absolute atomic E-state index is 0.0482. The van der Waals surface area contributed by atoms with Gasteiger partial charge in [0.25, 0.3) is 5.91 Å². The van der Waals surface area contributed by atoms with Crippen LogP contribution >= 0.6 is 0 Å². The van der Waals surface area contributed by atoms with Crippen molar-refractivity contribution in [1.82, 2.24) is 10.4 Å². The number of aromatic nitrogens is 1. The lowest BCUT2D eigenvalue weighted by Gasteiger charge is -2.17. The van der Waals surface area contributed by atoms with Gasteiger partial charge < -0.3 is 14.2 Å². The van der Waals surface area contributed by atoms with E-state index < -0.39 is 5.91 Å². The maximum absolute atomic E-state index is 14.1. The lowest BCUT2D eigenvalue weighted by atomic mass is 10.1. The van der Waals surface area contributed by atoms with E-state index in [0.29, 0.717) is 46.9 Å². The normalized spacial score (nSPS) is 10.9. The summed E-state index contributed by atoms with van der Waals surface area (Å²) >= 11 is 0. The number of benzene rings is 3. The SMILES string of the molecule is C=CCc1cc(/C=N/NC(=O)COc2cccc3cccnc23)cc(OCC)c1OCc1ccccc1F. The molecule has 0 aliphatic carbocycles. The molecule has 1 amide bonds. The van der Waals surface area contributed by atoms with Crippen LogP contribution in [-0.4, -0.2) is 30.3 Å². The lowest BCUT2D eigenvalue weighted by molar-refractivity contribution is -0.123. The van der Waals surface area contributed by atoms with Gasteiger partial charge in [0.1, 0.15) is 23.7 Å². The zero-order valence-electron chi connectivity index (χ0n) is 21.0. The first-order valence-electron chi connectivity index (χ1n) is 12.1. The molecule has 1 aromatic heterocycles. The molecule has 0 bridgehead atoms. The fraction of sp³-hybridized carbons (Fsp3) is 0.167. The molecule has 1 N–H and O–H groups in total. The third-order valence-electron chi connectivity index (χ3n) is 5.51. The summed E-state index contributed by atoms with van der Waals surface area (Å²) in [6, 6.07) is 19.4. The largest absolute Gasteiger partial charge is 0.490 e. The van der Waals surface area contributed by atoms with E-state index >= 15 is 0 Å². The zero-order chi connectivity index (χ0) is 26.7. The van der Waals surface area contributed by atoms with Crippen LogP contribution in [0.1, 0.15) is 23.6 Å². The van der Waals surface area contributed by atoms with Crippen LogP contribution in [0.2, 0.25) is 0 Å². The number of nitrogens with zero attached hydrogens (tertiary/aromatic N) is 2. The second kappa shape index (κ2) is 13.0. The van der Waals surface area contributed by atoms with Gasteiger partial charge in [-0.15, -0.1) is 6.58 Å². The van der Waals surface area contributed by atoms with Crippen LogP contribution in [0.3, 0.4) is 0 Å². The number of carbonyl (C=O) groups is 1. The van der Waals surface area contributed by atoms with Crippen molar-refractivity contribution in [2.75, 3.05) is 13.2 Å². The number of rotatable bonds is 12. The highest BCUT2D eigenvalue weighted by Crippen LogP contribution is 2.34. The number of amides is 1. The Morgan fingerprint density at radius 3 is 2.68 bits per heavy atom. The highest BCUT2D eigenvalue weighted by Gasteiger charge is 2.14. The van der Waals surface area contributed by atoms with Crippen LogP contribution < -0.4 is 19.6 Å². The fourth-order valence-corrected chi connectivity index (χ4v) is 3.80. The Hall–Kier alpha value is -4.72. The number of nitrogens with one attached hydrogen (secondary N) is 1. The minimum Gasteiger partial charge on any atom is -0.490 e. The molecule has 4 rings (SSSR count). The van der Waals surface area contributed by atoms with Crippen molar-refractivity contribution in [3.05, 3.63) is 108 Å². The van der Waals surface area contributed by atoms with Gasteiger partial charge in [0.2, 0.25) is 0 Å². The lowest BCUT2D eigenvalue weighted by Crippen LogP contribution is -2.24. The Kier molecular flexibility index (Phi) is 9.02. The average molecular weight is 514 g/mol. The second-order valence-corrected chi connectivity index (χ2v) is 8.23. The summed E-state index contributed by atoms with van der Waals surface area (Å²) in [5.41, 5.74) is 5.07. The number of hydrogen-bond acceptors (Lipinski definition) is 6. The molecule has 0 unspecified atom stereocenters. The molecule has 7 nitrogen and oxygen atoms in total. The Labute approximate surface area is 220 Å². The Morgan fingerprint density at radius 2 is 1.87 bits per heavy atom.